The maximum Gasteiger partial charge on any atom is 0.138 e. The number of aromatic amines is 1. The van der Waals surface area contributed by atoms with Crippen molar-refractivity contribution in [1.82, 2.24) is 9.97 Å². The van der Waals surface area contributed by atoms with Gasteiger partial charge in [-0.05, 0) is 71.8 Å². The smallest absolute Gasteiger partial charge is 0.138 e. The van der Waals surface area contributed by atoms with E-state index in [1.807, 2.05) is 6.20 Å². The number of fused-ring (bicyclic) bond motifs is 3. The van der Waals surface area contributed by atoms with E-state index in [0.717, 1.165) is 37.0 Å². The Balaban J connectivity index is 1.46. The highest BCUT2D eigenvalue weighted by Gasteiger charge is 2.09. The number of hydrogen-bond donors (Lipinski definition) is 2. The third kappa shape index (κ3) is 4.10. The lowest BCUT2D eigenvalue weighted by atomic mass is 9.99. The summed E-state index contributed by atoms with van der Waals surface area (Å²) in [6.45, 7) is 0.773. The van der Waals surface area contributed by atoms with Gasteiger partial charge in [-0.15, -0.1) is 0 Å². The van der Waals surface area contributed by atoms with Crippen LogP contribution >= 0.6 is 0 Å². The Morgan fingerprint density at radius 2 is 1.39 bits per heavy atom. The summed E-state index contributed by atoms with van der Waals surface area (Å²) in [5.74, 6) is 0. The number of H-pyrrole nitrogens is 1. The van der Waals surface area contributed by atoms with Crippen molar-refractivity contribution in [3.63, 3.8) is 0 Å². The molecule has 2 heterocycles. The number of benzene rings is 3. The van der Waals surface area contributed by atoms with E-state index in [9.17, 15) is 0 Å². The molecule has 0 saturated heterocycles. The average molecular weight is 406 g/mol. The zero-order valence-electron chi connectivity index (χ0n) is 17.6. The summed E-state index contributed by atoms with van der Waals surface area (Å²) in [6, 6.07) is 28.2. The van der Waals surface area contributed by atoms with Gasteiger partial charge in [-0.2, -0.15) is 0 Å². The van der Waals surface area contributed by atoms with Gasteiger partial charge < -0.3 is 10.7 Å². The van der Waals surface area contributed by atoms with Gasteiger partial charge in [0.15, 0.2) is 0 Å². The van der Waals surface area contributed by atoms with Crippen LogP contribution in [-0.4, -0.2) is 16.5 Å². The van der Waals surface area contributed by atoms with Crippen LogP contribution in [0.25, 0.3) is 44.2 Å². The summed E-state index contributed by atoms with van der Waals surface area (Å²) in [7, 11) is 0. The first-order chi connectivity index (χ1) is 15.3. The molecule has 5 rings (SSSR count). The molecule has 0 aliphatic rings. The zero-order valence-corrected chi connectivity index (χ0v) is 17.6. The Hall–Kier alpha value is -3.43. The zero-order chi connectivity index (χ0) is 21.0. The second-order valence-corrected chi connectivity index (χ2v) is 8.17. The number of aromatic nitrogens is 2. The molecule has 0 bridgehead atoms. The van der Waals surface area contributed by atoms with Crippen LogP contribution in [0, 0.1) is 0 Å². The molecular weight excluding hydrogens is 378 g/mol. The van der Waals surface area contributed by atoms with Crippen LogP contribution in [0.2, 0.25) is 0 Å². The van der Waals surface area contributed by atoms with Crippen molar-refractivity contribution < 1.29 is 0 Å². The minimum absolute atomic E-state index is 0.773. The van der Waals surface area contributed by atoms with Crippen LogP contribution in [-0.2, 0) is 6.42 Å². The van der Waals surface area contributed by atoms with Crippen LogP contribution in [0.5, 0.6) is 0 Å². The van der Waals surface area contributed by atoms with Gasteiger partial charge in [0.05, 0.1) is 0 Å². The lowest BCUT2D eigenvalue weighted by Gasteiger charge is -2.06. The lowest BCUT2D eigenvalue weighted by molar-refractivity contribution is 0.686. The Labute approximate surface area is 183 Å². The van der Waals surface area contributed by atoms with E-state index >= 15 is 0 Å². The first-order valence-electron chi connectivity index (χ1n) is 11.1. The minimum atomic E-state index is 0.773. The van der Waals surface area contributed by atoms with Gasteiger partial charge in [-0.1, -0.05) is 67.1 Å². The Morgan fingerprint density at radius 3 is 2.16 bits per heavy atom. The van der Waals surface area contributed by atoms with Gasteiger partial charge in [0, 0.05) is 22.5 Å². The van der Waals surface area contributed by atoms with Gasteiger partial charge in [0.2, 0.25) is 0 Å². The highest BCUT2D eigenvalue weighted by molar-refractivity contribution is 6.07. The number of nitrogens with zero attached hydrogens (tertiary/aromatic N) is 1. The van der Waals surface area contributed by atoms with Crippen molar-refractivity contribution >= 4 is 21.9 Å². The number of unbranched alkanes of at least 4 members (excludes halogenated alkanes) is 2. The van der Waals surface area contributed by atoms with Crippen LogP contribution in [0.15, 0.2) is 85.1 Å². The number of nitrogens with one attached hydrogen (secondary N) is 1. The fraction of sp³-hybridized carbons (Fsp3) is 0.179. The molecule has 3 aromatic carbocycles. The van der Waals surface area contributed by atoms with Crippen molar-refractivity contribution in [2.75, 3.05) is 6.54 Å². The van der Waals surface area contributed by atoms with Crippen LogP contribution in [0.4, 0.5) is 0 Å². The highest BCUT2D eigenvalue weighted by atomic mass is 14.8. The summed E-state index contributed by atoms with van der Waals surface area (Å²) in [4.78, 5) is 8.15. The van der Waals surface area contributed by atoms with E-state index in [0.29, 0.717) is 0 Å². The van der Waals surface area contributed by atoms with Crippen molar-refractivity contribution in [1.29, 1.82) is 0 Å². The Morgan fingerprint density at radius 1 is 0.677 bits per heavy atom. The summed E-state index contributed by atoms with van der Waals surface area (Å²) in [6.07, 6.45) is 6.48. The highest BCUT2D eigenvalue weighted by Crippen LogP contribution is 2.31. The summed E-state index contributed by atoms with van der Waals surface area (Å²) in [5.41, 5.74) is 13.9. The van der Waals surface area contributed by atoms with Crippen LogP contribution in [0.1, 0.15) is 24.8 Å². The summed E-state index contributed by atoms with van der Waals surface area (Å²) < 4.78 is 0. The van der Waals surface area contributed by atoms with E-state index in [-0.39, 0.29) is 0 Å². The SMILES string of the molecule is NCCCCCc1cnc2[nH]c3ccc(-c4ccc(-c5ccccc5)cc4)cc3c2c1. The second-order valence-electron chi connectivity index (χ2n) is 8.17. The summed E-state index contributed by atoms with van der Waals surface area (Å²) >= 11 is 0. The standard InChI is InChI=1S/C28H27N3/c29-16-6-2-3-7-20-17-26-25-18-24(14-15-27(25)31-28(26)30-19-20)23-12-10-22(11-13-23)21-8-4-1-5-9-21/h1,4-5,8-15,17-19H,2-3,6-7,16,29H2,(H,30,31). The molecule has 0 spiro atoms. The van der Waals surface area contributed by atoms with E-state index in [1.54, 1.807) is 0 Å². The second kappa shape index (κ2) is 8.75. The largest absolute Gasteiger partial charge is 0.339 e. The van der Waals surface area contributed by atoms with Crippen molar-refractivity contribution in [3.8, 4) is 22.3 Å². The Kier molecular flexibility index (Phi) is 5.51. The molecule has 0 saturated carbocycles. The molecule has 154 valence electrons. The van der Waals surface area contributed by atoms with E-state index in [2.05, 4.69) is 88.8 Å². The molecule has 0 atom stereocenters. The predicted molar refractivity (Wildman–Crippen MR) is 131 cm³/mol. The molecule has 0 aliphatic heterocycles. The third-order valence-corrected chi connectivity index (χ3v) is 6.00. The molecular formula is C28H27N3. The van der Waals surface area contributed by atoms with Gasteiger partial charge >= 0.3 is 0 Å². The molecule has 0 aliphatic carbocycles. The van der Waals surface area contributed by atoms with Crippen molar-refractivity contribution in [3.05, 3.63) is 90.6 Å². The van der Waals surface area contributed by atoms with E-state index < -0.39 is 0 Å². The topological polar surface area (TPSA) is 54.7 Å². The minimum Gasteiger partial charge on any atom is -0.339 e. The first kappa shape index (κ1) is 19.5. The fourth-order valence-electron chi connectivity index (χ4n) is 4.27. The lowest BCUT2D eigenvalue weighted by Crippen LogP contribution is -1.98. The molecule has 0 unspecified atom stereocenters. The first-order valence-corrected chi connectivity index (χ1v) is 11.1. The predicted octanol–water partition coefficient (Wildman–Crippen LogP) is 6.72. The quantitative estimate of drug-likeness (QED) is 0.295. The van der Waals surface area contributed by atoms with Gasteiger partial charge in [0.25, 0.3) is 0 Å². The Bertz CT molecular complexity index is 1300. The van der Waals surface area contributed by atoms with Crippen LogP contribution < -0.4 is 5.73 Å². The van der Waals surface area contributed by atoms with Gasteiger partial charge in [-0.3, -0.25) is 0 Å². The maximum absolute atomic E-state index is 5.61. The van der Waals surface area contributed by atoms with Gasteiger partial charge in [-0.25, -0.2) is 4.98 Å². The molecule has 3 nitrogen and oxygen atoms in total. The number of nitrogens with two attached hydrogens (primary N) is 1. The molecule has 0 radical (unpaired) electrons. The molecule has 31 heavy (non-hydrogen) atoms. The molecule has 0 fully saturated rings. The molecule has 2 aromatic heterocycles. The third-order valence-electron chi connectivity index (χ3n) is 6.00. The number of aryl methyl sites for hydroxylation is 1. The molecule has 5 aromatic rings. The molecule has 3 heteroatoms. The number of rotatable bonds is 7. The number of hydrogen-bond acceptors (Lipinski definition) is 2. The maximum atomic E-state index is 5.61. The molecule has 0 amide bonds. The molecule has 3 N–H and O–H groups in total. The van der Waals surface area contributed by atoms with E-state index in [1.165, 1.54) is 45.0 Å². The van der Waals surface area contributed by atoms with E-state index in [4.69, 9.17) is 5.73 Å². The average Bonchev–Trinajstić information content (AvgIpc) is 3.20. The van der Waals surface area contributed by atoms with Crippen LogP contribution in [0.3, 0.4) is 0 Å². The van der Waals surface area contributed by atoms with Crippen molar-refractivity contribution in [2.24, 2.45) is 5.73 Å². The fourth-order valence-corrected chi connectivity index (χ4v) is 4.27. The number of pyridine rings is 1. The van der Waals surface area contributed by atoms with Gasteiger partial charge in [0.1, 0.15) is 5.65 Å². The monoisotopic (exact) mass is 405 g/mol. The summed E-state index contributed by atoms with van der Waals surface area (Å²) in [5, 5.41) is 2.44. The normalized spacial score (nSPS) is 11.4. The van der Waals surface area contributed by atoms with Crippen molar-refractivity contribution in [2.45, 2.75) is 25.7 Å².